The minimum atomic E-state index is -0.250. The molecule has 0 amide bonds. The average Bonchev–Trinajstić information content (AvgIpc) is 3.13. The van der Waals surface area contributed by atoms with Crippen LogP contribution in [0.4, 0.5) is 6.01 Å². The van der Waals surface area contributed by atoms with Gasteiger partial charge in [-0.15, -0.1) is 5.10 Å². The highest BCUT2D eigenvalue weighted by Gasteiger charge is 2.13. The number of benzene rings is 1. The van der Waals surface area contributed by atoms with E-state index in [9.17, 15) is 0 Å². The Morgan fingerprint density at radius 3 is 2.64 bits per heavy atom. The normalized spacial score (nSPS) is 10.6. The molecule has 3 rings (SSSR count). The van der Waals surface area contributed by atoms with Gasteiger partial charge >= 0.3 is 6.01 Å². The largest absolute Gasteiger partial charge is 0.483 e. The molecule has 2 aromatic heterocycles. The summed E-state index contributed by atoms with van der Waals surface area (Å²) >= 11 is 0. The Morgan fingerprint density at radius 2 is 1.96 bits per heavy atom. The Morgan fingerprint density at radius 1 is 1.24 bits per heavy atom. The molecule has 0 saturated heterocycles. The van der Waals surface area contributed by atoms with Gasteiger partial charge in [-0.3, -0.25) is 4.79 Å². The summed E-state index contributed by atoms with van der Waals surface area (Å²) in [4.78, 5) is 20.1. The lowest BCUT2D eigenvalue weighted by atomic mass is 10.2. The van der Waals surface area contributed by atoms with E-state index in [1.165, 1.54) is 5.56 Å². The highest BCUT2D eigenvalue weighted by atomic mass is 16.4. The quantitative estimate of drug-likeness (QED) is 0.671. The second kappa shape index (κ2) is 8.25. The Kier molecular flexibility index (Phi) is 6.07. The van der Waals surface area contributed by atoms with Crippen LogP contribution in [-0.4, -0.2) is 57.8 Å². The van der Waals surface area contributed by atoms with E-state index in [0.717, 1.165) is 16.9 Å². The summed E-state index contributed by atoms with van der Waals surface area (Å²) in [6.45, 7) is 3.03. The maximum atomic E-state index is 8.36. The Labute approximate surface area is 145 Å². The van der Waals surface area contributed by atoms with Gasteiger partial charge in [-0.25, -0.2) is 4.98 Å². The topological polar surface area (TPSA) is 111 Å². The summed E-state index contributed by atoms with van der Waals surface area (Å²) in [6.07, 6.45) is 0. The van der Waals surface area contributed by atoms with Gasteiger partial charge in [0.2, 0.25) is 5.89 Å². The lowest BCUT2D eigenvalue weighted by molar-refractivity contribution is -0.122. The molecule has 0 unspecified atom stereocenters. The smallest absolute Gasteiger partial charge is 0.318 e. The van der Waals surface area contributed by atoms with Crippen molar-refractivity contribution in [2.24, 2.45) is 0 Å². The van der Waals surface area contributed by atoms with Crippen molar-refractivity contribution in [2.45, 2.75) is 20.0 Å². The number of fused-ring (bicyclic) bond motifs is 1. The van der Waals surface area contributed by atoms with Gasteiger partial charge in [-0.05, 0) is 38.7 Å². The first-order valence-corrected chi connectivity index (χ1v) is 7.64. The summed E-state index contributed by atoms with van der Waals surface area (Å²) in [5.74, 6) is 1.47. The number of imidazole rings is 1. The van der Waals surface area contributed by atoms with Crippen LogP contribution in [0.5, 0.6) is 0 Å². The van der Waals surface area contributed by atoms with E-state index in [2.05, 4.69) is 39.2 Å². The summed E-state index contributed by atoms with van der Waals surface area (Å²) in [5, 5.41) is 15.0. The molecular formula is C16H22N6O3. The molecule has 0 fully saturated rings. The van der Waals surface area contributed by atoms with Crippen molar-refractivity contribution in [2.75, 3.05) is 26.0 Å². The number of carboxylic acid groups (broad SMARTS) is 1. The monoisotopic (exact) mass is 346 g/mol. The summed E-state index contributed by atoms with van der Waals surface area (Å²) < 4.78 is 5.64. The molecule has 0 aliphatic carbocycles. The zero-order valence-electron chi connectivity index (χ0n) is 14.7. The zero-order chi connectivity index (χ0) is 18.4. The molecule has 2 N–H and O–H groups in total. The van der Waals surface area contributed by atoms with Gasteiger partial charge in [0, 0.05) is 7.05 Å². The Balaban J connectivity index is 0.000000701. The molecule has 2 heterocycles. The second-order valence-electron chi connectivity index (χ2n) is 5.88. The Hall–Kier alpha value is -2.94. The number of H-pyrrole nitrogens is 1. The van der Waals surface area contributed by atoms with Crippen LogP contribution in [0.1, 0.15) is 17.3 Å². The standard InChI is InChI=1S/C15H20N6O.CH2O2/c1-10-5-6-11-12(7-10)17-13(16-11)8-21(4)15-19-18-14(22-15)9-20(2)3;2-1-3/h5-7H,8-9H2,1-4H3,(H,16,17);1H,(H,2,3). The highest BCUT2D eigenvalue weighted by molar-refractivity contribution is 5.75. The molecule has 25 heavy (non-hydrogen) atoms. The van der Waals surface area contributed by atoms with Crippen molar-refractivity contribution in [1.29, 1.82) is 0 Å². The third-order valence-corrected chi connectivity index (χ3v) is 3.31. The molecule has 0 aliphatic heterocycles. The molecule has 1 aromatic carbocycles. The fraction of sp³-hybridized carbons (Fsp3) is 0.375. The lowest BCUT2D eigenvalue weighted by Gasteiger charge is -2.11. The lowest BCUT2D eigenvalue weighted by Crippen LogP contribution is -2.17. The van der Waals surface area contributed by atoms with Crippen molar-refractivity contribution in [3.63, 3.8) is 0 Å². The first kappa shape index (κ1) is 18.4. The van der Waals surface area contributed by atoms with Gasteiger partial charge in [0.1, 0.15) is 5.82 Å². The van der Waals surface area contributed by atoms with Gasteiger partial charge < -0.3 is 24.3 Å². The molecule has 134 valence electrons. The summed E-state index contributed by atoms with van der Waals surface area (Å²) in [5.41, 5.74) is 3.22. The number of hydrogen-bond acceptors (Lipinski definition) is 7. The molecule has 9 nitrogen and oxygen atoms in total. The van der Waals surface area contributed by atoms with Gasteiger partial charge in [0.15, 0.2) is 0 Å². The predicted octanol–water partition coefficient (Wildman–Crippen LogP) is 1.65. The van der Waals surface area contributed by atoms with Gasteiger partial charge in [-0.1, -0.05) is 11.2 Å². The van der Waals surface area contributed by atoms with Crippen LogP contribution in [-0.2, 0) is 17.9 Å². The van der Waals surface area contributed by atoms with Crippen LogP contribution >= 0.6 is 0 Å². The van der Waals surface area contributed by atoms with E-state index in [1.54, 1.807) is 0 Å². The van der Waals surface area contributed by atoms with Gasteiger partial charge in [-0.2, -0.15) is 0 Å². The maximum absolute atomic E-state index is 8.36. The highest BCUT2D eigenvalue weighted by Crippen LogP contribution is 2.17. The van der Waals surface area contributed by atoms with E-state index in [4.69, 9.17) is 14.3 Å². The predicted molar refractivity (Wildman–Crippen MR) is 93.3 cm³/mol. The first-order valence-electron chi connectivity index (χ1n) is 7.64. The first-order chi connectivity index (χ1) is 11.9. The molecule has 0 saturated carbocycles. The number of nitrogens with zero attached hydrogens (tertiary/aromatic N) is 5. The average molecular weight is 346 g/mol. The summed E-state index contributed by atoms with van der Waals surface area (Å²) in [7, 11) is 5.83. The van der Waals surface area contributed by atoms with Crippen LogP contribution in [0.3, 0.4) is 0 Å². The number of hydrogen-bond donors (Lipinski definition) is 2. The molecule has 9 heteroatoms. The SMILES string of the molecule is Cc1ccc2nc(CN(C)c3nnc(CN(C)C)o3)[nH]c2c1.O=CO. The molecule has 0 bridgehead atoms. The van der Waals surface area contributed by atoms with E-state index in [0.29, 0.717) is 25.0 Å². The van der Waals surface area contributed by atoms with Crippen molar-refractivity contribution in [1.82, 2.24) is 25.1 Å². The number of aromatic amines is 1. The number of aromatic nitrogens is 4. The van der Waals surface area contributed by atoms with Crippen molar-refractivity contribution >= 4 is 23.5 Å². The number of anilines is 1. The minimum Gasteiger partial charge on any atom is -0.483 e. The molecule has 0 aliphatic rings. The van der Waals surface area contributed by atoms with E-state index in [-0.39, 0.29) is 6.47 Å². The number of aryl methyl sites for hydroxylation is 1. The molecule has 0 spiro atoms. The number of nitrogens with one attached hydrogen (secondary N) is 1. The van der Waals surface area contributed by atoms with Gasteiger partial charge in [0.25, 0.3) is 6.47 Å². The van der Waals surface area contributed by atoms with E-state index in [1.807, 2.05) is 37.0 Å². The van der Waals surface area contributed by atoms with Crippen molar-refractivity contribution in [3.05, 3.63) is 35.5 Å². The molecule has 0 radical (unpaired) electrons. The minimum absolute atomic E-state index is 0.250. The van der Waals surface area contributed by atoms with Crippen LogP contribution in [0.2, 0.25) is 0 Å². The molecular weight excluding hydrogens is 324 g/mol. The molecule has 3 aromatic rings. The fourth-order valence-electron chi connectivity index (χ4n) is 2.28. The van der Waals surface area contributed by atoms with Crippen LogP contribution in [0.25, 0.3) is 11.0 Å². The Bertz CT molecular complexity index is 826. The van der Waals surface area contributed by atoms with Crippen LogP contribution in [0, 0.1) is 6.92 Å². The second-order valence-corrected chi connectivity index (χ2v) is 5.88. The van der Waals surface area contributed by atoms with E-state index >= 15 is 0 Å². The van der Waals surface area contributed by atoms with Crippen molar-refractivity contribution < 1.29 is 14.3 Å². The van der Waals surface area contributed by atoms with Crippen LogP contribution in [0.15, 0.2) is 22.6 Å². The van der Waals surface area contributed by atoms with Gasteiger partial charge in [0.05, 0.1) is 24.1 Å². The zero-order valence-corrected chi connectivity index (χ0v) is 14.7. The van der Waals surface area contributed by atoms with Crippen molar-refractivity contribution in [3.8, 4) is 0 Å². The summed E-state index contributed by atoms with van der Waals surface area (Å²) in [6, 6.07) is 6.66. The number of rotatable bonds is 5. The third-order valence-electron chi connectivity index (χ3n) is 3.31. The third kappa shape index (κ3) is 5.01. The number of carbonyl (C=O) groups is 1. The van der Waals surface area contributed by atoms with E-state index < -0.39 is 0 Å². The maximum Gasteiger partial charge on any atom is 0.318 e. The molecule has 0 atom stereocenters. The van der Waals surface area contributed by atoms with Crippen LogP contribution < -0.4 is 4.90 Å². The fourth-order valence-corrected chi connectivity index (χ4v) is 2.28.